The summed E-state index contributed by atoms with van der Waals surface area (Å²) in [4.78, 5) is 0. The molecule has 0 amide bonds. The first-order valence-corrected chi connectivity index (χ1v) is 8.28. The van der Waals surface area contributed by atoms with Crippen molar-refractivity contribution in [3.63, 3.8) is 0 Å². The second kappa shape index (κ2) is 7.00. The first-order chi connectivity index (χ1) is 11.6. The molecule has 2 atom stereocenters. The SMILES string of the molecule is CC(c1ccccc1)C(N)C(O)(c1ccccc1)c1ccccc1. The average molecular weight is 317 g/mol. The number of nitrogens with two attached hydrogens (primary N) is 1. The quantitative estimate of drug-likeness (QED) is 0.745. The summed E-state index contributed by atoms with van der Waals surface area (Å²) in [5.74, 6) is -0.00314. The number of hydrogen-bond acceptors (Lipinski definition) is 2. The molecule has 2 nitrogen and oxygen atoms in total. The molecule has 0 spiro atoms. The van der Waals surface area contributed by atoms with Gasteiger partial charge in [-0.1, -0.05) is 97.9 Å². The maximum absolute atomic E-state index is 11.7. The Morgan fingerprint density at radius 3 is 1.50 bits per heavy atom. The molecule has 0 heterocycles. The fourth-order valence-corrected chi connectivity index (χ4v) is 3.26. The van der Waals surface area contributed by atoms with Crippen molar-refractivity contribution in [3.05, 3.63) is 108 Å². The van der Waals surface area contributed by atoms with Gasteiger partial charge >= 0.3 is 0 Å². The molecular formula is C22H23NO. The normalized spacial score (nSPS) is 14.1. The van der Waals surface area contributed by atoms with Gasteiger partial charge in [0.1, 0.15) is 5.60 Å². The van der Waals surface area contributed by atoms with Crippen LogP contribution in [0.15, 0.2) is 91.0 Å². The molecule has 122 valence electrons. The van der Waals surface area contributed by atoms with E-state index in [0.29, 0.717) is 0 Å². The van der Waals surface area contributed by atoms with Gasteiger partial charge in [-0.25, -0.2) is 0 Å². The van der Waals surface area contributed by atoms with Gasteiger partial charge in [0.25, 0.3) is 0 Å². The number of aliphatic hydroxyl groups is 1. The summed E-state index contributed by atoms with van der Waals surface area (Å²) >= 11 is 0. The van der Waals surface area contributed by atoms with Gasteiger partial charge in [0.15, 0.2) is 0 Å². The van der Waals surface area contributed by atoms with Gasteiger partial charge in [-0.15, -0.1) is 0 Å². The van der Waals surface area contributed by atoms with Crippen molar-refractivity contribution >= 4 is 0 Å². The van der Waals surface area contributed by atoms with Crippen LogP contribution in [0.2, 0.25) is 0 Å². The van der Waals surface area contributed by atoms with Crippen molar-refractivity contribution in [3.8, 4) is 0 Å². The van der Waals surface area contributed by atoms with Crippen molar-refractivity contribution < 1.29 is 5.11 Å². The third-order valence-electron chi connectivity index (χ3n) is 4.77. The molecule has 0 saturated heterocycles. The predicted molar refractivity (Wildman–Crippen MR) is 98.7 cm³/mol. The summed E-state index contributed by atoms with van der Waals surface area (Å²) < 4.78 is 0. The Morgan fingerprint density at radius 2 is 1.08 bits per heavy atom. The van der Waals surface area contributed by atoms with E-state index in [0.717, 1.165) is 16.7 Å². The van der Waals surface area contributed by atoms with Crippen LogP contribution >= 0.6 is 0 Å². The molecule has 0 aliphatic rings. The summed E-state index contributed by atoms with van der Waals surface area (Å²) in [6.45, 7) is 2.07. The summed E-state index contributed by atoms with van der Waals surface area (Å²) in [5.41, 5.74) is 8.13. The Balaban J connectivity index is 2.08. The monoisotopic (exact) mass is 317 g/mol. The molecule has 3 aromatic rings. The summed E-state index contributed by atoms with van der Waals surface area (Å²) in [6, 6.07) is 29.0. The van der Waals surface area contributed by atoms with Crippen LogP contribution in [0.4, 0.5) is 0 Å². The molecule has 24 heavy (non-hydrogen) atoms. The van der Waals surface area contributed by atoms with Crippen molar-refractivity contribution in [1.82, 2.24) is 0 Å². The van der Waals surface area contributed by atoms with E-state index in [2.05, 4.69) is 19.1 Å². The number of rotatable bonds is 5. The van der Waals surface area contributed by atoms with Crippen LogP contribution in [0.3, 0.4) is 0 Å². The zero-order chi connectivity index (χ0) is 17.0. The highest BCUT2D eigenvalue weighted by Crippen LogP contribution is 2.37. The molecular weight excluding hydrogens is 294 g/mol. The molecule has 0 fully saturated rings. The molecule has 0 saturated carbocycles. The lowest BCUT2D eigenvalue weighted by molar-refractivity contribution is 0.0436. The molecule has 0 radical (unpaired) electrons. The average Bonchev–Trinajstić information content (AvgIpc) is 2.68. The molecule has 2 heteroatoms. The first-order valence-electron chi connectivity index (χ1n) is 8.28. The Hall–Kier alpha value is -2.42. The predicted octanol–water partition coefficient (Wildman–Crippen LogP) is 4.05. The fourth-order valence-electron chi connectivity index (χ4n) is 3.26. The molecule has 0 aromatic heterocycles. The van der Waals surface area contributed by atoms with E-state index in [-0.39, 0.29) is 5.92 Å². The van der Waals surface area contributed by atoms with Crippen LogP contribution in [0, 0.1) is 0 Å². The van der Waals surface area contributed by atoms with Crippen LogP contribution in [-0.4, -0.2) is 11.1 Å². The van der Waals surface area contributed by atoms with E-state index in [1.165, 1.54) is 0 Å². The highest BCUT2D eigenvalue weighted by molar-refractivity contribution is 5.40. The van der Waals surface area contributed by atoms with Gasteiger partial charge in [0, 0.05) is 6.04 Å². The van der Waals surface area contributed by atoms with Crippen molar-refractivity contribution in [1.29, 1.82) is 0 Å². The van der Waals surface area contributed by atoms with Crippen molar-refractivity contribution in [2.75, 3.05) is 0 Å². The van der Waals surface area contributed by atoms with Gasteiger partial charge in [-0.3, -0.25) is 0 Å². The minimum atomic E-state index is -1.25. The third kappa shape index (κ3) is 2.99. The van der Waals surface area contributed by atoms with E-state index in [9.17, 15) is 5.11 Å². The summed E-state index contributed by atoms with van der Waals surface area (Å²) in [7, 11) is 0. The second-order valence-corrected chi connectivity index (χ2v) is 6.22. The lowest BCUT2D eigenvalue weighted by atomic mass is 9.74. The first kappa shape index (κ1) is 16.4. The lowest BCUT2D eigenvalue weighted by Crippen LogP contribution is -2.49. The maximum atomic E-state index is 11.7. The zero-order valence-electron chi connectivity index (χ0n) is 13.8. The van der Waals surface area contributed by atoms with E-state index in [1.54, 1.807) is 0 Å². The molecule has 3 aromatic carbocycles. The fraction of sp³-hybridized carbons (Fsp3) is 0.182. The van der Waals surface area contributed by atoms with Gasteiger partial charge in [-0.2, -0.15) is 0 Å². The Bertz CT molecular complexity index is 716. The smallest absolute Gasteiger partial charge is 0.130 e. The van der Waals surface area contributed by atoms with E-state index in [1.807, 2.05) is 78.9 Å². The van der Waals surface area contributed by atoms with Crippen molar-refractivity contribution in [2.24, 2.45) is 5.73 Å². The molecule has 3 rings (SSSR count). The van der Waals surface area contributed by atoms with Crippen LogP contribution in [0.1, 0.15) is 29.5 Å². The summed E-state index contributed by atoms with van der Waals surface area (Å²) in [6.07, 6.45) is 0. The van der Waals surface area contributed by atoms with Gasteiger partial charge in [0.05, 0.1) is 0 Å². The van der Waals surface area contributed by atoms with E-state index >= 15 is 0 Å². The highest BCUT2D eigenvalue weighted by atomic mass is 16.3. The minimum absolute atomic E-state index is 0.00314. The summed E-state index contributed by atoms with van der Waals surface area (Å²) in [5, 5.41) is 11.7. The molecule has 0 bridgehead atoms. The second-order valence-electron chi connectivity index (χ2n) is 6.22. The molecule has 3 N–H and O–H groups in total. The third-order valence-corrected chi connectivity index (χ3v) is 4.77. The van der Waals surface area contributed by atoms with Crippen LogP contribution < -0.4 is 5.73 Å². The number of benzene rings is 3. The molecule has 0 aliphatic carbocycles. The standard InChI is InChI=1S/C22H23NO/c1-17(18-11-5-2-6-12-18)21(23)22(24,19-13-7-3-8-14-19)20-15-9-4-10-16-20/h2-17,21,24H,23H2,1H3. The van der Waals surface area contributed by atoms with Crippen LogP contribution in [0.5, 0.6) is 0 Å². The molecule has 0 aliphatic heterocycles. The van der Waals surface area contributed by atoms with E-state index < -0.39 is 11.6 Å². The number of hydrogen-bond donors (Lipinski definition) is 2. The maximum Gasteiger partial charge on any atom is 0.130 e. The van der Waals surface area contributed by atoms with E-state index in [4.69, 9.17) is 5.73 Å². The van der Waals surface area contributed by atoms with Crippen molar-refractivity contribution in [2.45, 2.75) is 24.5 Å². The Morgan fingerprint density at radius 1 is 0.708 bits per heavy atom. The topological polar surface area (TPSA) is 46.2 Å². The van der Waals surface area contributed by atoms with Gasteiger partial charge < -0.3 is 10.8 Å². The Labute approximate surface area is 143 Å². The van der Waals surface area contributed by atoms with Crippen LogP contribution in [-0.2, 0) is 5.60 Å². The van der Waals surface area contributed by atoms with Crippen LogP contribution in [0.25, 0.3) is 0 Å². The lowest BCUT2D eigenvalue weighted by Gasteiger charge is -2.38. The minimum Gasteiger partial charge on any atom is -0.379 e. The molecule has 2 unspecified atom stereocenters. The van der Waals surface area contributed by atoms with Gasteiger partial charge in [0.2, 0.25) is 0 Å². The van der Waals surface area contributed by atoms with Gasteiger partial charge in [-0.05, 0) is 22.6 Å². The zero-order valence-corrected chi connectivity index (χ0v) is 13.8. The largest absolute Gasteiger partial charge is 0.379 e. The highest BCUT2D eigenvalue weighted by Gasteiger charge is 2.41. The Kier molecular flexibility index (Phi) is 4.79.